The molecule has 1 fully saturated rings. The first-order valence-electron chi connectivity index (χ1n) is 10.5. The van der Waals surface area contributed by atoms with E-state index < -0.39 is 15.8 Å². The molecule has 0 bridgehead atoms. The van der Waals surface area contributed by atoms with Crippen molar-refractivity contribution in [3.05, 3.63) is 41.5 Å². The molecule has 0 saturated heterocycles. The summed E-state index contributed by atoms with van der Waals surface area (Å²) in [7, 11) is -3.66. The molecule has 3 aliphatic rings. The topological polar surface area (TPSA) is 101 Å². The molecule has 1 amide bonds. The van der Waals surface area contributed by atoms with Crippen molar-refractivity contribution in [2.24, 2.45) is 0 Å². The van der Waals surface area contributed by atoms with Gasteiger partial charge < -0.3 is 9.64 Å². The quantitative estimate of drug-likeness (QED) is 0.755. The highest BCUT2D eigenvalue weighted by Gasteiger charge is 2.34. The van der Waals surface area contributed by atoms with Gasteiger partial charge in [-0.15, -0.1) is 0 Å². The van der Waals surface area contributed by atoms with Crippen LogP contribution >= 0.6 is 0 Å². The van der Waals surface area contributed by atoms with Gasteiger partial charge in [-0.05, 0) is 61.8 Å². The molecular formula is C21H23FN4O4S. The van der Waals surface area contributed by atoms with Crippen molar-refractivity contribution in [1.29, 1.82) is 0 Å². The van der Waals surface area contributed by atoms with E-state index in [2.05, 4.69) is 14.7 Å². The molecule has 8 nitrogen and oxygen atoms in total. The summed E-state index contributed by atoms with van der Waals surface area (Å²) in [6.45, 7) is 0.625. The van der Waals surface area contributed by atoms with Gasteiger partial charge in [0.1, 0.15) is 6.10 Å². The fraction of sp³-hybridized carbons (Fsp3) is 0.476. The van der Waals surface area contributed by atoms with Gasteiger partial charge in [-0.3, -0.25) is 4.79 Å². The van der Waals surface area contributed by atoms with Crippen LogP contribution in [-0.2, 0) is 27.7 Å². The van der Waals surface area contributed by atoms with Gasteiger partial charge in [0.05, 0.1) is 23.0 Å². The number of halogens is 1. The van der Waals surface area contributed by atoms with Crippen LogP contribution in [0.15, 0.2) is 29.4 Å². The van der Waals surface area contributed by atoms with E-state index in [-0.39, 0.29) is 29.0 Å². The maximum atomic E-state index is 13.1. The van der Waals surface area contributed by atoms with Gasteiger partial charge >= 0.3 is 6.01 Å². The number of nitrogens with one attached hydrogen (secondary N) is 1. The minimum absolute atomic E-state index is 0.116. The van der Waals surface area contributed by atoms with Gasteiger partial charge in [0.15, 0.2) is 5.82 Å². The van der Waals surface area contributed by atoms with Crippen molar-refractivity contribution in [1.82, 2.24) is 14.7 Å². The number of aromatic nitrogens is 2. The zero-order valence-electron chi connectivity index (χ0n) is 16.9. The molecule has 1 N–H and O–H groups in total. The van der Waals surface area contributed by atoms with Crippen LogP contribution in [0.5, 0.6) is 6.01 Å². The lowest BCUT2D eigenvalue weighted by atomic mass is 9.94. The van der Waals surface area contributed by atoms with Crippen LogP contribution in [0.3, 0.4) is 0 Å². The van der Waals surface area contributed by atoms with Crippen LogP contribution in [0.1, 0.15) is 43.2 Å². The summed E-state index contributed by atoms with van der Waals surface area (Å²) in [5.74, 6) is -0.407. The summed E-state index contributed by atoms with van der Waals surface area (Å²) < 4.78 is 47.5. The summed E-state index contributed by atoms with van der Waals surface area (Å²) in [6.07, 6.45) is 6.24. The first-order valence-corrected chi connectivity index (χ1v) is 12.0. The second kappa shape index (κ2) is 7.83. The Morgan fingerprint density at radius 3 is 2.42 bits per heavy atom. The van der Waals surface area contributed by atoms with Crippen molar-refractivity contribution in [2.45, 2.75) is 62.0 Å². The summed E-state index contributed by atoms with van der Waals surface area (Å²) in [5, 5.41) is 0. The van der Waals surface area contributed by atoms with Gasteiger partial charge in [0.25, 0.3) is 0 Å². The Morgan fingerprint density at radius 1 is 1.03 bits per heavy atom. The van der Waals surface area contributed by atoms with E-state index in [0.717, 1.165) is 29.2 Å². The molecule has 3 heterocycles. The second-order valence-electron chi connectivity index (χ2n) is 8.28. The summed E-state index contributed by atoms with van der Waals surface area (Å²) in [6, 6.07) is 3.37. The Kier molecular flexibility index (Phi) is 5.13. The smallest absolute Gasteiger partial charge is 0.316 e. The third kappa shape index (κ3) is 4.01. The molecule has 1 saturated carbocycles. The van der Waals surface area contributed by atoms with Crippen LogP contribution < -0.4 is 14.4 Å². The highest BCUT2D eigenvalue weighted by atomic mass is 32.2. The zero-order chi connectivity index (χ0) is 21.6. The van der Waals surface area contributed by atoms with Crippen LogP contribution in [0.25, 0.3) is 0 Å². The number of rotatable bonds is 5. The number of benzene rings is 1. The summed E-state index contributed by atoms with van der Waals surface area (Å²) in [4.78, 5) is 21.8. The molecule has 2 aliphatic heterocycles. The number of ether oxygens (including phenoxy) is 1. The predicted molar refractivity (Wildman–Crippen MR) is 110 cm³/mol. The van der Waals surface area contributed by atoms with E-state index in [0.29, 0.717) is 51.5 Å². The number of hydrogen-bond acceptors (Lipinski definition) is 6. The highest BCUT2D eigenvalue weighted by Crippen LogP contribution is 2.38. The summed E-state index contributed by atoms with van der Waals surface area (Å²) in [5.41, 5.74) is 2.78. The van der Waals surface area contributed by atoms with E-state index in [9.17, 15) is 17.6 Å². The lowest BCUT2D eigenvalue weighted by molar-refractivity contribution is -0.118. The summed E-state index contributed by atoms with van der Waals surface area (Å²) >= 11 is 0. The van der Waals surface area contributed by atoms with E-state index in [4.69, 9.17) is 4.74 Å². The maximum absolute atomic E-state index is 13.1. The molecule has 31 heavy (non-hydrogen) atoms. The largest absolute Gasteiger partial charge is 0.460 e. The minimum Gasteiger partial charge on any atom is -0.460 e. The zero-order valence-corrected chi connectivity index (χ0v) is 17.7. The van der Waals surface area contributed by atoms with Gasteiger partial charge in [0, 0.05) is 19.0 Å². The number of aryl methyl sites for hydroxylation is 1. The maximum Gasteiger partial charge on any atom is 0.316 e. The van der Waals surface area contributed by atoms with Gasteiger partial charge in [-0.25, -0.2) is 27.5 Å². The average molecular weight is 447 g/mol. The van der Waals surface area contributed by atoms with E-state index in [1.54, 1.807) is 17.0 Å². The molecule has 164 valence electrons. The first-order chi connectivity index (χ1) is 14.9. The Balaban J connectivity index is 1.24. The molecule has 1 aromatic heterocycles. The first kappa shape index (κ1) is 20.3. The molecule has 0 atom stereocenters. The SMILES string of the molecule is O=C1CCc2cc(S(=O)(=O)NC3CCC(Oc4ncc(F)cn4)CC3)cc3c2N1CC3. The standard InChI is InChI=1S/C21H23FN4O4S/c22-15-11-23-21(24-12-15)30-17-4-2-16(3-5-17)25-31(28,29)18-9-13-1-6-19(27)26-8-7-14(10-18)20(13)26/h9-12,16-17,25H,1-8H2. The number of carbonyl (C=O) groups excluding carboxylic acids is 1. The number of amides is 1. The molecule has 2 aromatic rings. The fourth-order valence-corrected chi connectivity index (χ4v) is 6.08. The van der Waals surface area contributed by atoms with Gasteiger partial charge in [-0.2, -0.15) is 0 Å². The second-order valence-corrected chi connectivity index (χ2v) is 10.00. The van der Waals surface area contributed by atoms with Crippen molar-refractivity contribution < 1.29 is 22.3 Å². The monoisotopic (exact) mass is 446 g/mol. The van der Waals surface area contributed by atoms with Crippen LogP contribution in [0.2, 0.25) is 0 Å². The van der Waals surface area contributed by atoms with Crippen molar-refractivity contribution in [3.63, 3.8) is 0 Å². The van der Waals surface area contributed by atoms with Crippen molar-refractivity contribution >= 4 is 21.6 Å². The Morgan fingerprint density at radius 2 is 1.71 bits per heavy atom. The van der Waals surface area contributed by atoms with E-state index >= 15 is 0 Å². The van der Waals surface area contributed by atoms with Crippen LogP contribution in [0.4, 0.5) is 10.1 Å². The number of anilines is 1. The van der Waals surface area contributed by atoms with E-state index in [1.807, 2.05) is 0 Å². The average Bonchev–Trinajstić information content (AvgIpc) is 3.19. The number of carbonyl (C=O) groups is 1. The van der Waals surface area contributed by atoms with Gasteiger partial charge in [0.2, 0.25) is 15.9 Å². The van der Waals surface area contributed by atoms with Gasteiger partial charge in [-0.1, -0.05) is 0 Å². The Bertz CT molecular complexity index is 1110. The molecule has 0 spiro atoms. The minimum atomic E-state index is -3.66. The third-order valence-electron chi connectivity index (χ3n) is 6.20. The van der Waals surface area contributed by atoms with E-state index in [1.165, 1.54) is 0 Å². The fourth-order valence-electron chi connectivity index (χ4n) is 4.68. The molecule has 0 radical (unpaired) electrons. The van der Waals surface area contributed by atoms with Crippen LogP contribution in [-0.4, -0.2) is 43.0 Å². The van der Waals surface area contributed by atoms with Crippen molar-refractivity contribution in [3.8, 4) is 6.01 Å². The molecule has 0 unspecified atom stereocenters. The highest BCUT2D eigenvalue weighted by molar-refractivity contribution is 7.89. The Hall–Kier alpha value is -2.59. The number of nitrogens with zero attached hydrogens (tertiary/aromatic N) is 3. The Labute approximate surface area is 179 Å². The predicted octanol–water partition coefficient (Wildman–Crippen LogP) is 2.12. The van der Waals surface area contributed by atoms with Crippen molar-refractivity contribution in [2.75, 3.05) is 11.4 Å². The number of hydrogen-bond donors (Lipinski definition) is 1. The molecule has 5 rings (SSSR count). The molecule has 1 aliphatic carbocycles. The normalized spacial score (nSPS) is 23.0. The molecule has 10 heteroatoms. The molecular weight excluding hydrogens is 423 g/mol. The lowest BCUT2D eigenvalue weighted by Crippen LogP contribution is -2.40. The van der Waals surface area contributed by atoms with Crippen LogP contribution in [0, 0.1) is 5.82 Å². The lowest BCUT2D eigenvalue weighted by Gasteiger charge is -2.29. The molecule has 1 aromatic carbocycles. The number of sulfonamides is 1. The third-order valence-corrected chi connectivity index (χ3v) is 7.70.